The Hall–Kier alpha value is -3.49. The fourth-order valence-corrected chi connectivity index (χ4v) is 5.93. The SMILES string of the molecule is CCS(=O)(=O)C1=NSC2=NC(=O)C(=Cc3ccc(OS(=O)(=O)c4ccc(OC)cc4)cc3)C(=N)N21. The molecule has 182 valence electrons. The predicted octanol–water partition coefficient (Wildman–Crippen LogP) is 2.47. The molecule has 11 nitrogen and oxygen atoms in total. The standard InChI is InChI=1S/C21H18N4O7S3/c1-3-34(27,28)21-24-33-20-23-19(26)17(18(22)25(20)21)12-13-4-6-15(7-5-13)32-35(29,30)16-10-8-14(31-2)9-11-16/h4-12,22H,3H2,1-2H3. The van der Waals surface area contributed by atoms with Gasteiger partial charge in [0.1, 0.15) is 22.2 Å². The van der Waals surface area contributed by atoms with Crippen LogP contribution in [0.5, 0.6) is 11.5 Å². The second kappa shape index (κ2) is 9.28. The lowest BCUT2D eigenvalue weighted by Gasteiger charge is -2.24. The number of amides is 1. The fraction of sp³-hybridized carbons (Fsp3) is 0.143. The molecule has 0 fully saturated rings. The second-order valence-electron chi connectivity index (χ2n) is 7.09. The summed E-state index contributed by atoms with van der Waals surface area (Å²) in [6, 6.07) is 11.5. The van der Waals surface area contributed by atoms with Crippen LogP contribution in [0.25, 0.3) is 6.08 Å². The summed E-state index contributed by atoms with van der Waals surface area (Å²) < 4.78 is 63.7. The third kappa shape index (κ3) is 4.85. The fourth-order valence-electron chi connectivity index (χ4n) is 3.03. The van der Waals surface area contributed by atoms with Gasteiger partial charge in [0.05, 0.1) is 30.4 Å². The number of fused-ring (bicyclic) bond motifs is 1. The Morgan fingerprint density at radius 2 is 1.66 bits per heavy atom. The number of hydrogen-bond donors (Lipinski definition) is 1. The zero-order valence-corrected chi connectivity index (χ0v) is 20.8. The Kier molecular flexibility index (Phi) is 6.53. The number of benzene rings is 2. The second-order valence-corrected chi connectivity index (χ2v) is 11.5. The van der Waals surface area contributed by atoms with Crippen molar-refractivity contribution in [1.82, 2.24) is 4.90 Å². The molecule has 2 aromatic rings. The summed E-state index contributed by atoms with van der Waals surface area (Å²) in [6.45, 7) is 1.45. The Labute approximate surface area is 205 Å². The molecule has 2 heterocycles. The van der Waals surface area contributed by atoms with Crippen molar-refractivity contribution in [2.75, 3.05) is 12.9 Å². The normalized spacial score (nSPS) is 17.2. The van der Waals surface area contributed by atoms with Gasteiger partial charge in [-0.05, 0) is 48.0 Å². The lowest BCUT2D eigenvalue weighted by Crippen LogP contribution is -2.45. The highest BCUT2D eigenvalue weighted by atomic mass is 32.2. The molecular formula is C21H18N4O7S3. The number of nitrogens with one attached hydrogen (secondary N) is 1. The van der Waals surface area contributed by atoms with E-state index in [1.807, 2.05) is 0 Å². The van der Waals surface area contributed by atoms with E-state index < -0.39 is 25.9 Å². The molecule has 2 aliphatic heterocycles. The van der Waals surface area contributed by atoms with E-state index in [1.54, 1.807) is 0 Å². The Bertz CT molecular complexity index is 1510. The maximum atomic E-state index is 12.5. The first-order valence-corrected chi connectivity index (χ1v) is 13.8. The van der Waals surface area contributed by atoms with Crippen LogP contribution in [0.3, 0.4) is 0 Å². The van der Waals surface area contributed by atoms with Gasteiger partial charge in [-0.15, -0.1) is 0 Å². The minimum atomic E-state index is -4.08. The minimum absolute atomic E-state index is 0.00309. The maximum absolute atomic E-state index is 12.5. The van der Waals surface area contributed by atoms with Gasteiger partial charge in [0.2, 0.25) is 20.2 Å². The van der Waals surface area contributed by atoms with E-state index in [4.69, 9.17) is 14.3 Å². The maximum Gasteiger partial charge on any atom is 0.339 e. The van der Waals surface area contributed by atoms with Gasteiger partial charge >= 0.3 is 10.1 Å². The zero-order valence-electron chi connectivity index (χ0n) is 18.3. The lowest BCUT2D eigenvalue weighted by molar-refractivity contribution is -0.114. The molecule has 4 rings (SSSR count). The van der Waals surface area contributed by atoms with Gasteiger partial charge in [-0.2, -0.15) is 17.8 Å². The van der Waals surface area contributed by atoms with Crippen molar-refractivity contribution in [2.45, 2.75) is 11.8 Å². The number of aliphatic imine (C=N–C) groups is 1. The van der Waals surface area contributed by atoms with Crippen LogP contribution < -0.4 is 8.92 Å². The topological polar surface area (TPSA) is 156 Å². The van der Waals surface area contributed by atoms with Crippen molar-refractivity contribution in [1.29, 1.82) is 5.41 Å². The molecule has 1 amide bonds. The Morgan fingerprint density at radius 3 is 2.26 bits per heavy atom. The highest BCUT2D eigenvalue weighted by Gasteiger charge is 2.42. The molecule has 0 bridgehead atoms. The van der Waals surface area contributed by atoms with Gasteiger partial charge in [-0.25, -0.2) is 13.3 Å². The van der Waals surface area contributed by atoms with Crippen LogP contribution in [-0.2, 0) is 24.7 Å². The molecule has 0 aromatic heterocycles. The van der Waals surface area contributed by atoms with Gasteiger partial charge in [-0.3, -0.25) is 10.2 Å². The van der Waals surface area contributed by atoms with Crippen LogP contribution in [0.2, 0.25) is 0 Å². The summed E-state index contributed by atoms with van der Waals surface area (Å²) >= 11 is 0.715. The van der Waals surface area contributed by atoms with Crippen LogP contribution in [0, 0.1) is 5.41 Å². The van der Waals surface area contributed by atoms with Crippen LogP contribution in [0.1, 0.15) is 12.5 Å². The van der Waals surface area contributed by atoms with Gasteiger partial charge in [0.15, 0.2) is 0 Å². The van der Waals surface area contributed by atoms with E-state index in [-0.39, 0.29) is 38.1 Å². The Morgan fingerprint density at radius 1 is 1.03 bits per heavy atom. The summed E-state index contributed by atoms with van der Waals surface area (Å²) in [7, 11) is -6.37. The molecule has 0 aliphatic carbocycles. The molecule has 2 aliphatic rings. The van der Waals surface area contributed by atoms with Crippen LogP contribution in [0.15, 0.2) is 68.4 Å². The summed E-state index contributed by atoms with van der Waals surface area (Å²) in [6.07, 6.45) is 1.35. The molecule has 1 N–H and O–H groups in total. The molecule has 0 saturated heterocycles. The van der Waals surface area contributed by atoms with Crippen molar-refractivity contribution in [2.24, 2.45) is 9.39 Å². The largest absolute Gasteiger partial charge is 0.497 e. The lowest BCUT2D eigenvalue weighted by atomic mass is 10.1. The Balaban J connectivity index is 1.56. The van der Waals surface area contributed by atoms with E-state index in [1.165, 1.54) is 68.6 Å². The quantitative estimate of drug-likeness (QED) is 0.334. The van der Waals surface area contributed by atoms with E-state index >= 15 is 0 Å². The average molecular weight is 535 g/mol. The summed E-state index contributed by atoms with van der Waals surface area (Å²) in [4.78, 5) is 17.3. The highest BCUT2D eigenvalue weighted by molar-refractivity contribution is 8.16. The molecule has 35 heavy (non-hydrogen) atoms. The smallest absolute Gasteiger partial charge is 0.339 e. The number of hydrogen-bond acceptors (Lipinski definition) is 10. The number of rotatable bonds is 6. The third-order valence-electron chi connectivity index (χ3n) is 4.90. The first-order chi connectivity index (χ1) is 16.6. The predicted molar refractivity (Wildman–Crippen MR) is 132 cm³/mol. The number of methoxy groups -OCH3 is 1. The molecule has 0 saturated carbocycles. The van der Waals surface area contributed by atoms with E-state index in [0.717, 1.165) is 4.90 Å². The van der Waals surface area contributed by atoms with Crippen LogP contribution in [-0.4, -0.2) is 56.7 Å². The van der Waals surface area contributed by atoms with Crippen molar-refractivity contribution in [3.63, 3.8) is 0 Å². The first-order valence-electron chi connectivity index (χ1n) is 9.96. The average Bonchev–Trinajstić information content (AvgIpc) is 3.27. The van der Waals surface area contributed by atoms with E-state index in [2.05, 4.69) is 9.39 Å². The van der Waals surface area contributed by atoms with Crippen LogP contribution >= 0.6 is 11.9 Å². The van der Waals surface area contributed by atoms with Gasteiger partial charge in [0, 0.05) is 0 Å². The van der Waals surface area contributed by atoms with Crippen LogP contribution in [0.4, 0.5) is 0 Å². The number of amidine groups is 3. The van der Waals surface area contributed by atoms with Crippen molar-refractivity contribution in [3.05, 3.63) is 59.7 Å². The summed E-state index contributed by atoms with van der Waals surface area (Å²) in [5.41, 5.74) is 0.296. The van der Waals surface area contributed by atoms with Gasteiger partial charge in [-0.1, -0.05) is 19.1 Å². The van der Waals surface area contributed by atoms with Gasteiger partial charge in [0.25, 0.3) is 5.91 Å². The van der Waals surface area contributed by atoms with Crippen molar-refractivity contribution < 1.29 is 30.6 Å². The third-order valence-corrected chi connectivity index (χ3v) is 8.57. The molecule has 0 spiro atoms. The highest BCUT2D eigenvalue weighted by Crippen LogP contribution is 2.30. The number of ether oxygens (including phenoxy) is 1. The van der Waals surface area contributed by atoms with Crippen molar-refractivity contribution >= 4 is 60.1 Å². The summed E-state index contributed by atoms with van der Waals surface area (Å²) in [5, 5.41) is 8.06. The molecule has 0 atom stereocenters. The number of sulfone groups is 1. The van der Waals surface area contributed by atoms with E-state index in [9.17, 15) is 21.6 Å². The number of carbonyl (C=O) groups is 1. The van der Waals surface area contributed by atoms with Gasteiger partial charge < -0.3 is 8.92 Å². The monoisotopic (exact) mass is 534 g/mol. The molecular weight excluding hydrogens is 516 g/mol. The molecule has 0 unspecified atom stereocenters. The van der Waals surface area contributed by atoms with E-state index in [0.29, 0.717) is 23.3 Å². The van der Waals surface area contributed by atoms with Crippen molar-refractivity contribution in [3.8, 4) is 11.5 Å². The number of nitrogens with zero attached hydrogens (tertiary/aromatic N) is 3. The molecule has 0 radical (unpaired) electrons. The molecule has 14 heteroatoms. The first kappa shape index (κ1) is 24.6. The minimum Gasteiger partial charge on any atom is -0.497 e. The number of carbonyl (C=O) groups excluding carboxylic acids is 1. The molecule has 2 aromatic carbocycles. The zero-order chi connectivity index (χ0) is 25.4. The summed E-state index contributed by atoms with van der Waals surface area (Å²) in [5.74, 6) is -0.784.